The molecule has 5 rings (SSSR count). The van der Waals surface area contributed by atoms with Crippen LogP contribution in [0.4, 0.5) is 5.82 Å². The second kappa shape index (κ2) is 6.84. The van der Waals surface area contributed by atoms with Crippen LogP contribution in [0, 0.1) is 5.92 Å². The molecule has 1 aromatic heterocycles. The van der Waals surface area contributed by atoms with Crippen LogP contribution in [0.25, 0.3) is 0 Å². The number of hydrogen-bond donors (Lipinski definition) is 1. The Kier molecular flexibility index (Phi) is 4.40. The van der Waals surface area contributed by atoms with Crippen LogP contribution < -0.4 is 5.73 Å². The minimum Gasteiger partial charge on any atom is -0.383 e. The van der Waals surface area contributed by atoms with Crippen molar-refractivity contribution >= 4 is 11.7 Å². The molecular formula is C20H24N4O. The summed E-state index contributed by atoms with van der Waals surface area (Å²) in [5.74, 6) is 1.30. The lowest BCUT2D eigenvalue weighted by molar-refractivity contribution is 0.0736. The summed E-state index contributed by atoms with van der Waals surface area (Å²) in [5.41, 5.74) is 7.89. The summed E-state index contributed by atoms with van der Waals surface area (Å²) >= 11 is 0. The van der Waals surface area contributed by atoms with Crippen molar-refractivity contribution < 1.29 is 4.79 Å². The summed E-state index contributed by atoms with van der Waals surface area (Å²) < 4.78 is 0. The van der Waals surface area contributed by atoms with Crippen molar-refractivity contribution in [2.75, 3.05) is 25.4 Å². The van der Waals surface area contributed by atoms with Crippen molar-refractivity contribution in [1.29, 1.82) is 0 Å². The molecule has 3 fully saturated rings. The highest BCUT2D eigenvalue weighted by Gasteiger charge is 2.36. The van der Waals surface area contributed by atoms with Gasteiger partial charge in [-0.25, -0.2) is 4.98 Å². The van der Waals surface area contributed by atoms with Gasteiger partial charge in [0.1, 0.15) is 5.82 Å². The zero-order valence-corrected chi connectivity index (χ0v) is 14.3. The summed E-state index contributed by atoms with van der Waals surface area (Å²) in [5, 5.41) is 0. The van der Waals surface area contributed by atoms with E-state index in [2.05, 4.69) is 9.88 Å². The van der Waals surface area contributed by atoms with E-state index in [9.17, 15) is 4.79 Å². The second-order valence-electron chi connectivity index (χ2n) is 7.15. The molecule has 2 bridgehead atoms. The normalized spacial score (nSPS) is 23.4. The molecule has 2 atom stereocenters. The van der Waals surface area contributed by atoms with Gasteiger partial charge in [-0.05, 0) is 37.0 Å². The minimum absolute atomic E-state index is 0.153. The second-order valence-corrected chi connectivity index (χ2v) is 7.15. The van der Waals surface area contributed by atoms with Crippen LogP contribution in [0.1, 0.15) is 28.8 Å². The zero-order valence-electron chi connectivity index (χ0n) is 14.3. The molecule has 2 aromatic rings. The Balaban J connectivity index is 1.51. The first kappa shape index (κ1) is 16.1. The molecule has 5 heteroatoms. The van der Waals surface area contributed by atoms with Gasteiger partial charge in [-0.2, -0.15) is 0 Å². The van der Waals surface area contributed by atoms with E-state index in [-0.39, 0.29) is 5.91 Å². The Morgan fingerprint density at radius 1 is 1.08 bits per heavy atom. The van der Waals surface area contributed by atoms with E-state index >= 15 is 0 Å². The first-order valence-electron chi connectivity index (χ1n) is 8.98. The lowest BCUT2D eigenvalue weighted by atomic mass is 9.94. The third-order valence-corrected chi connectivity index (χ3v) is 5.43. The summed E-state index contributed by atoms with van der Waals surface area (Å²) in [7, 11) is 0. The fourth-order valence-corrected chi connectivity index (χ4v) is 4.11. The Morgan fingerprint density at radius 3 is 2.72 bits per heavy atom. The van der Waals surface area contributed by atoms with Crippen molar-refractivity contribution in [2.24, 2.45) is 5.92 Å². The van der Waals surface area contributed by atoms with E-state index in [0.717, 1.165) is 43.7 Å². The highest BCUT2D eigenvalue weighted by molar-refractivity contribution is 5.94. The van der Waals surface area contributed by atoms with E-state index in [1.54, 1.807) is 6.20 Å². The lowest BCUT2D eigenvalue weighted by Gasteiger charge is -2.36. The monoisotopic (exact) mass is 336 g/mol. The number of hydrogen-bond acceptors (Lipinski definition) is 4. The van der Waals surface area contributed by atoms with E-state index in [4.69, 9.17) is 5.73 Å². The molecule has 0 spiro atoms. The fourth-order valence-electron chi connectivity index (χ4n) is 4.11. The molecule has 0 saturated carbocycles. The van der Waals surface area contributed by atoms with Crippen LogP contribution in [-0.2, 0) is 6.54 Å². The van der Waals surface area contributed by atoms with Crippen molar-refractivity contribution in [3.8, 4) is 0 Å². The average molecular weight is 336 g/mol. The number of nitrogen functional groups attached to an aromatic ring is 1. The fraction of sp³-hybridized carbons (Fsp3) is 0.400. The van der Waals surface area contributed by atoms with Crippen molar-refractivity contribution in [1.82, 2.24) is 14.8 Å². The van der Waals surface area contributed by atoms with Crippen LogP contribution in [0.2, 0.25) is 0 Å². The topological polar surface area (TPSA) is 62.5 Å². The maximum Gasteiger partial charge on any atom is 0.253 e. The number of anilines is 1. The van der Waals surface area contributed by atoms with Gasteiger partial charge in [-0.3, -0.25) is 9.69 Å². The number of rotatable bonds is 3. The van der Waals surface area contributed by atoms with Gasteiger partial charge < -0.3 is 10.6 Å². The highest BCUT2D eigenvalue weighted by Crippen LogP contribution is 2.30. The molecule has 25 heavy (non-hydrogen) atoms. The molecule has 0 radical (unpaired) electrons. The van der Waals surface area contributed by atoms with E-state index in [1.165, 1.54) is 6.42 Å². The molecule has 0 unspecified atom stereocenters. The summed E-state index contributed by atoms with van der Waals surface area (Å²) in [6.07, 6.45) is 4.07. The Bertz CT molecular complexity index is 748. The van der Waals surface area contributed by atoms with E-state index < -0.39 is 0 Å². The predicted molar refractivity (Wildman–Crippen MR) is 97.9 cm³/mol. The van der Waals surface area contributed by atoms with Crippen molar-refractivity contribution in [3.05, 3.63) is 59.8 Å². The molecule has 0 aliphatic carbocycles. The van der Waals surface area contributed by atoms with E-state index in [1.807, 2.05) is 47.4 Å². The molecule has 1 aromatic carbocycles. The predicted octanol–water partition coefficient (Wildman–Crippen LogP) is 2.40. The smallest absolute Gasteiger partial charge is 0.253 e. The Labute approximate surface area is 148 Å². The average Bonchev–Trinajstić information content (AvgIpc) is 2.95. The summed E-state index contributed by atoms with van der Waals surface area (Å²) in [4.78, 5) is 21.6. The summed E-state index contributed by atoms with van der Waals surface area (Å²) in [6, 6.07) is 14.0. The van der Waals surface area contributed by atoms with Crippen molar-refractivity contribution in [2.45, 2.75) is 25.4 Å². The lowest BCUT2D eigenvalue weighted by Crippen LogP contribution is -2.44. The van der Waals surface area contributed by atoms with Crippen LogP contribution in [0.5, 0.6) is 0 Å². The first-order chi connectivity index (χ1) is 12.2. The largest absolute Gasteiger partial charge is 0.383 e. The SMILES string of the molecule is Nc1ncccc1CN1C[C@H]2CC[C@@H]1CN(C(=O)c1ccccc1)C2. The molecule has 3 saturated heterocycles. The maximum atomic E-state index is 12.9. The van der Waals surface area contributed by atoms with Gasteiger partial charge in [0.2, 0.25) is 0 Å². The van der Waals surface area contributed by atoms with Gasteiger partial charge in [0.15, 0.2) is 0 Å². The van der Waals surface area contributed by atoms with Crippen LogP contribution in [-0.4, -0.2) is 46.4 Å². The number of carbonyl (C=O) groups is 1. The number of carbonyl (C=O) groups excluding carboxylic acids is 1. The molecular weight excluding hydrogens is 312 g/mol. The minimum atomic E-state index is 0.153. The van der Waals surface area contributed by atoms with Crippen molar-refractivity contribution in [3.63, 3.8) is 0 Å². The number of nitrogens with zero attached hydrogens (tertiary/aromatic N) is 3. The third-order valence-electron chi connectivity index (χ3n) is 5.43. The molecule has 5 nitrogen and oxygen atoms in total. The number of nitrogens with two attached hydrogens (primary N) is 1. The number of piperidine rings is 1. The zero-order chi connectivity index (χ0) is 17.2. The van der Waals surface area contributed by atoms with Gasteiger partial charge in [0.25, 0.3) is 5.91 Å². The molecule has 1 amide bonds. The molecule has 3 aliphatic rings. The van der Waals surface area contributed by atoms with Gasteiger partial charge >= 0.3 is 0 Å². The Morgan fingerprint density at radius 2 is 1.92 bits per heavy atom. The molecule has 130 valence electrons. The van der Waals surface area contributed by atoms with E-state index in [0.29, 0.717) is 17.8 Å². The summed E-state index contributed by atoms with van der Waals surface area (Å²) in [6.45, 7) is 3.49. The number of amides is 1. The van der Waals surface area contributed by atoms with Crippen LogP contribution in [0.15, 0.2) is 48.7 Å². The number of benzene rings is 1. The highest BCUT2D eigenvalue weighted by atomic mass is 16.2. The number of pyridine rings is 1. The standard InChI is InChI=1S/C20H24N4O/c21-19-17(7-4-10-22-19)13-23-11-15-8-9-18(23)14-24(12-15)20(25)16-5-2-1-3-6-16/h1-7,10,15,18H,8-9,11-14H2,(H2,21,22)/t15-,18-/m1/s1. The molecule has 4 heterocycles. The van der Waals surface area contributed by atoms with Gasteiger partial charge in [0.05, 0.1) is 0 Å². The van der Waals surface area contributed by atoms with Crippen LogP contribution >= 0.6 is 0 Å². The number of aromatic nitrogens is 1. The quantitative estimate of drug-likeness (QED) is 0.935. The van der Waals surface area contributed by atoms with Gasteiger partial charge in [-0.15, -0.1) is 0 Å². The Hall–Kier alpha value is -2.40. The van der Waals surface area contributed by atoms with Gasteiger partial charge in [-0.1, -0.05) is 24.3 Å². The molecule has 3 aliphatic heterocycles. The number of fused-ring (bicyclic) bond motifs is 4. The first-order valence-corrected chi connectivity index (χ1v) is 8.98. The maximum absolute atomic E-state index is 12.9. The van der Waals surface area contributed by atoms with Crippen LogP contribution in [0.3, 0.4) is 0 Å². The molecule has 2 N–H and O–H groups in total. The van der Waals surface area contributed by atoms with Gasteiger partial charge in [0, 0.05) is 49.5 Å². The third kappa shape index (κ3) is 3.37.